The third kappa shape index (κ3) is 1.95. The van der Waals surface area contributed by atoms with Crippen LogP contribution in [0.5, 0.6) is 0 Å². The molecule has 0 aliphatic carbocycles. The van der Waals surface area contributed by atoms with Crippen LogP contribution in [0.2, 0.25) is 0 Å². The molecule has 0 spiro atoms. The molecule has 2 aromatic rings. The first-order chi connectivity index (χ1) is 9.03. The molecule has 1 aromatic carbocycles. The number of hydrogen-bond donors (Lipinski definition) is 1. The van der Waals surface area contributed by atoms with E-state index in [4.69, 9.17) is 0 Å². The third-order valence-electron chi connectivity index (χ3n) is 4.53. The Balaban J connectivity index is 2.16. The van der Waals surface area contributed by atoms with Gasteiger partial charge in [-0.3, -0.25) is 4.98 Å². The summed E-state index contributed by atoms with van der Waals surface area (Å²) in [5.41, 5.74) is 2.76. The number of aromatic nitrogens is 1. The van der Waals surface area contributed by atoms with Crippen LogP contribution in [-0.4, -0.2) is 11.5 Å². The summed E-state index contributed by atoms with van der Waals surface area (Å²) in [5, 5.41) is 4.98. The van der Waals surface area contributed by atoms with Crippen molar-refractivity contribution in [3.05, 3.63) is 42.1 Å². The van der Waals surface area contributed by atoms with Crippen molar-refractivity contribution in [2.24, 2.45) is 5.41 Å². The van der Waals surface area contributed by atoms with E-state index in [1.165, 1.54) is 23.8 Å². The van der Waals surface area contributed by atoms with Gasteiger partial charge in [0.15, 0.2) is 0 Å². The van der Waals surface area contributed by atoms with E-state index in [9.17, 15) is 0 Å². The van der Waals surface area contributed by atoms with Crippen molar-refractivity contribution in [1.82, 2.24) is 10.3 Å². The Morgan fingerprint density at radius 1 is 1.21 bits per heavy atom. The SMILES string of the molecule is CC(C)(C)C1(c2ccc3cccnc3c2)CCCN1. The van der Waals surface area contributed by atoms with E-state index in [2.05, 4.69) is 55.3 Å². The highest BCUT2D eigenvalue weighted by molar-refractivity contribution is 5.79. The zero-order chi connectivity index (χ0) is 13.5. The zero-order valence-electron chi connectivity index (χ0n) is 12.0. The second-order valence-electron chi connectivity index (χ2n) is 6.60. The Morgan fingerprint density at radius 2 is 2.05 bits per heavy atom. The van der Waals surface area contributed by atoms with Gasteiger partial charge in [-0.25, -0.2) is 0 Å². The molecule has 19 heavy (non-hydrogen) atoms. The molecular weight excluding hydrogens is 232 g/mol. The van der Waals surface area contributed by atoms with Crippen LogP contribution in [-0.2, 0) is 5.54 Å². The van der Waals surface area contributed by atoms with Crippen LogP contribution in [0.4, 0.5) is 0 Å². The molecule has 1 N–H and O–H groups in total. The molecule has 0 saturated carbocycles. The second kappa shape index (κ2) is 4.31. The lowest BCUT2D eigenvalue weighted by Gasteiger charge is -2.43. The summed E-state index contributed by atoms with van der Waals surface area (Å²) in [6, 6.07) is 10.9. The molecule has 100 valence electrons. The molecule has 3 rings (SSSR count). The first-order valence-electron chi connectivity index (χ1n) is 7.13. The van der Waals surface area contributed by atoms with Crippen molar-refractivity contribution in [3.63, 3.8) is 0 Å². The molecule has 0 bridgehead atoms. The van der Waals surface area contributed by atoms with E-state index < -0.39 is 0 Å². The highest BCUT2D eigenvalue weighted by Crippen LogP contribution is 2.45. The lowest BCUT2D eigenvalue weighted by Crippen LogP contribution is -2.48. The molecule has 1 unspecified atom stereocenters. The second-order valence-corrected chi connectivity index (χ2v) is 6.60. The quantitative estimate of drug-likeness (QED) is 0.836. The van der Waals surface area contributed by atoms with Crippen molar-refractivity contribution in [2.45, 2.75) is 39.2 Å². The van der Waals surface area contributed by atoms with Gasteiger partial charge in [-0.05, 0) is 42.5 Å². The van der Waals surface area contributed by atoms with Crippen LogP contribution in [0.3, 0.4) is 0 Å². The van der Waals surface area contributed by atoms with Gasteiger partial charge in [-0.1, -0.05) is 39.0 Å². The van der Waals surface area contributed by atoms with Crippen LogP contribution in [0.25, 0.3) is 10.9 Å². The fraction of sp³-hybridized carbons (Fsp3) is 0.471. The van der Waals surface area contributed by atoms with Crippen LogP contribution in [0, 0.1) is 5.41 Å². The standard InChI is InChI=1S/C17H22N2/c1-16(2,3)17(9-5-11-19-17)14-8-7-13-6-4-10-18-15(13)12-14/h4,6-8,10,12,19H,5,9,11H2,1-3H3. The molecule has 1 fully saturated rings. The monoisotopic (exact) mass is 254 g/mol. The zero-order valence-corrected chi connectivity index (χ0v) is 12.0. The van der Waals surface area contributed by atoms with Crippen LogP contribution in [0.15, 0.2) is 36.5 Å². The predicted octanol–water partition coefficient (Wildman–Crippen LogP) is 3.86. The Kier molecular flexibility index (Phi) is 2.86. The average Bonchev–Trinajstić information content (AvgIpc) is 2.88. The largest absolute Gasteiger partial charge is 0.307 e. The molecule has 1 aromatic heterocycles. The molecule has 1 saturated heterocycles. The predicted molar refractivity (Wildman–Crippen MR) is 80.1 cm³/mol. The number of rotatable bonds is 1. The molecule has 1 aliphatic rings. The van der Waals surface area contributed by atoms with Crippen LogP contribution in [0.1, 0.15) is 39.2 Å². The van der Waals surface area contributed by atoms with Crippen LogP contribution < -0.4 is 5.32 Å². The van der Waals surface area contributed by atoms with Crippen molar-refractivity contribution in [1.29, 1.82) is 0 Å². The minimum absolute atomic E-state index is 0.0821. The van der Waals surface area contributed by atoms with Gasteiger partial charge in [0.2, 0.25) is 0 Å². The van der Waals surface area contributed by atoms with Crippen molar-refractivity contribution in [3.8, 4) is 0 Å². The summed E-state index contributed by atoms with van der Waals surface area (Å²) in [7, 11) is 0. The molecule has 1 atom stereocenters. The van der Waals surface area contributed by atoms with Gasteiger partial charge in [-0.2, -0.15) is 0 Å². The van der Waals surface area contributed by atoms with Crippen molar-refractivity contribution < 1.29 is 0 Å². The number of fused-ring (bicyclic) bond motifs is 1. The van der Waals surface area contributed by atoms with E-state index in [0.29, 0.717) is 0 Å². The summed E-state index contributed by atoms with van der Waals surface area (Å²) < 4.78 is 0. The fourth-order valence-corrected chi connectivity index (χ4v) is 3.40. The number of hydrogen-bond acceptors (Lipinski definition) is 2. The highest BCUT2D eigenvalue weighted by Gasteiger charge is 2.45. The minimum Gasteiger partial charge on any atom is -0.307 e. The van der Waals surface area contributed by atoms with Gasteiger partial charge in [0.25, 0.3) is 0 Å². The van der Waals surface area contributed by atoms with Gasteiger partial charge < -0.3 is 5.32 Å². The maximum absolute atomic E-state index is 4.50. The van der Waals surface area contributed by atoms with Gasteiger partial charge >= 0.3 is 0 Å². The van der Waals surface area contributed by atoms with E-state index in [1.54, 1.807) is 0 Å². The van der Waals surface area contributed by atoms with Crippen molar-refractivity contribution >= 4 is 10.9 Å². The van der Waals surface area contributed by atoms with Gasteiger partial charge in [0.05, 0.1) is 5.52 Å². The minimum atomic E-state index is 0.0821. The summed E-state index contributed by atoms with van der Waals surface area (Å²) >= 11 is 0. The number of benzene rings is 1. The van der Waals surface area contributed by atoms with Crippen molar-refractivity contribution in [2.75, 3.05) is 6.54 Å². The summed E-state index contributed by atoms with van der Waals surface area (Å²) in [4.78, 5) is 4.50. The third-order valence-corrected chi connectivity index (χ3v) is 4.53. The first kappa shape index (κ1) is 12.6. The van der Waals surface area contributed by atoms with Gasteiger partial charge in [0.1, 0.15) is 0 Å². The summed E-state index contributed by atoms with van der Waals surface area (Å²) in [5.74, 6) is 0. The molecule has 2 heteroatoms. The Morgan fingerprint density at radius 3 is 2.74 bits per heavy atom. The lowest BCUT2D eigenvalue weighted by molar-refractivity contribution is 0.161. The van der Waals surface area contributed by atoms with Gasteiger partial charge in [-0.15, -0.1) is 0 Å². The average molecular weight is 254 g/mol. The molecule has 0 radical (unpaired) electrons. The summed E-state index contributed by atoms with van der Waals surface area (Å²) in [6.07, 6.45) is 4.32. The topological polar surface area (TPSA) is 24.9 Å². The molecule has 1 aliphatic heterocycles. The number of nitrogens with one attached hydrogen (secondary N) is 1. The van der Waals surface area contributed by atoms with E-state index in [1.807, 2.05) is 12.3 Å². The molecule has 2 nitrogen and oxygen atoms in total. The van der Waals surface area contributed by atoms with Gasteiger partial charge in [0, 0.05) is 17.1 Å². The van der Waals surface area contributed by atoms with Crippen LogP contribution >= 0.6 is 0 Å². The Hall–Kier alpha value is -1.41. The maximum Gasteiger partial charge on any atom is 0.0705 e. The summed E-state index contributed by atoms with van der Waals surface area (Å²) in [6.45, 7) is 8.09. The van der Waals surface area contributed by atoms with E-state index >= 15 is 0 Å². The highest BCUT2D eigenvalue weighted by atomic mass is 15.0. The van der Waals surface area contributed by atoms with E-state index in [-0.39, 0.29) is 11.0 Å². The molecule has 0 amide bonds. The number of nitrogens with zero attached hydrogens (tertiary/aromatic N) is 1. The Bertz CT molecular complexity index is 589. The van der Waals surface area contributed by atoms with E-state index in [0.717, 1.165) is 12.1 Å². The lowest BCUT2D eigenvalue weighted by atomic mass is 9.68. The smallest absolute Gasteiger partial charge is 0.0705 e. The normalized spacial score (nSPS) is 23.9. The fourth-order valence-electron chi connectivity index (χ4n) is 3.40. The first-order valence-corrected chi connectivity index (χ1v) is 7.13. The number of pyridine rings is 1. The maximum atomic E-state index is 4.50. The Labute approximate surface area is 115 Å². The molecular formula is C17H22N2. The molecule has 2 heterocycles.